The van der Waals surface area contributed by atoms with Crippen LogP contribution in [-0.4, -0.2) is 41.5 Å². The van der Waals surface area contributed by atoms with Crippen molar-refractivity contribution in [2.75, 3.05) is 21.3 Å². The number of benzene rings is 2. The highest BCUT2D eigenvalue weighted by Gasteiger charge is 2.38. The maximum absolute atomic E-state index is 5.65. The number of hydrogen-bond donors (Lipinski definition) is 2. The van der Waals surface area contributed by atoms with E-state index in [-0.39, 0.29) is 0 Å². The Hall–Kier alpha value is -4.00. The zero-order valence-corrected chi connectivity index (χ0v) is 18.2. The number of aromatic amines is 2. The molecule has 1 aliphatic carbocycles. The van der Waals surface area contributed by atoms with E-state index < -0.39 is 5.41 Å². The molecule has 2 aromatic heterocycles. The predicted molar refractivity (Wildman–Crippen MR) is 122 cm³/mol. The van der Waals surface area contributed by atoms with Crippen LogP contribution in [-0.2, 0) is 11.8 Å². The van der Waals surface area contributed by atoms with Crippen LogP contribution in [0.5, 0.6) is 17.2 Å². The van der Waals surface area contributed by atoms with Gasteiger partial charge in [-0.15, -0.1) is 0 Å². The first-order valence-corrected chi connectivity index (χ1v) is 10.3. The van der Waals surface area contributed by atoms with Crippen molar-refractivity contribution >= 4 is 6.08 Å². The molecule has 0 amide bonds. The molecule has 0 saturated heterocycles. The normalized spacial score (nSPS) is 17.1. The van der Waals surface area contributed by atoms with Crippen molar-refractivity contribution in [1.82, 2.24) is 20.2 Å². The third-order valence-corrected chi connectivity index (χ3v) is 6.08. The van der Waals surface area contributed by atoms with Gasteiger partial charge in [0.1, 0.15) is 11.4 Å². The molecule has 0 radical (unpaired) electrons. The Labute approximate surface area is 186 Å². The highest BCUT2D eigenvalue weighted by molar-refractivity contribution is 5.75. The summed E-state index contributed by atoms with van der Waals surface area (Å²) in [7, 11) is 4.88. The van der Waals surface area contributed by atoms with Gasteiger partial charge in [0, 0.05) is 29.3 Å². The number of nitrogens with one attached hydrogen (secondary N) is 2. The van der Waals surface area contributed by atoms with E-state index in [1.54, 1.807) is 27.7 Å². The number of fused-ring (bicyclic) bond motifs is 1. The number of H-pyrrole nitrogens is 2. The van der Waals surface area contributed by atoms with Crippen molar-refractivity contribution in [2.24, 2.45) is 0 Å². The van der Waals surface area contributed by atoms with E-state index in [0.717, 1.165) is 33.8 Å². The highest BCUT2D eigenvalue weighted by Crippen LogP contribution is 2.47. The SMILES string of the molecule is COc1cc(C2(c3ccccc3)C=Cc3c(-c4c[nH]cn4)n[nH]c3C2)cc(OC)c1OC. The van der Waals surface area contributed by atoms with Crippen LogP contribution >= 0.6 is 0 Å². The zero-order chi connectivity index (χ0) is 22.1. The number of aromatic nitrogens is 4. The van der Waals surface area contributed by atoms with E-state index in [2.05, 4.69) is 56.6 Å². The molecule has 0 saturated carbocycles. The summed E-state index contributed by atoms with van der Waals surface area (Å²) < 4.78 is 16.9. The Morgan fingerprint density at radius 1 is 0.938 bits per heavy atom. The first-order chi connectivity index (χ1) is 15.7. The maximum Gasteiger partial charge on any atom is 0.203 e. The number of hydrogen-bond acceptors (Lipinski definition) is 5. The van der Waals surface area contributed by atoms with E-state index in [0.29, 0.717) is 23.7 Å². The van der Waals surface area contributed by atoms with E-state index >= 15 is 0 Å². The van der Waals surface area contributed by atoms with E-state index in [9.17, 15) is 0 Å². The lowest BCUT2D eigenvalue weighted by atomic mass is 9.68. The number of allylic oxidation sites excluding steroid dienone is 1. The fourth-order valence-corrected chi connectivity index (χ4v) is 4.49. The summed E-state index contributed by atoms with van der Waals surface area (Å²) in [6.07, 6.45) is 8.56. The molecule has 2 heterocycles. The quantitative estimate of drug-likeness (QED) is 0.476. The number of imidazole rings is 1. The molecule has 1 aliphatic rings. The summed E-state index contributed by atoms with van der Waals surface area (Å²) in [4.78, 5) is 7.37. The molecule has 1 unspecified atom stereocenters. The van der Waals surface area contributed by atoms with Crippen LogP contribution in [0.1, 0.15) is 22.4 Å². The second kappa shape index (κ2) is 7.92. The third-order valence-electron chi connectivity index (χ3n) is 6.08. The lowest BCUT2D eigenvalue weighted by molar-refractivity contribution is 0.323. The molecule has 5 rings (SSSR count). The highest BCUT2D eigenvalue weighted by atomic mass is 16.5. The molecule has 0 spiro atoms. The largest absolute Gasteiger partial charge is 0.493 e. The van der Waals surface area contributed by atoms with Crippen LogP contribution < -0.4 is 14.2 Å². The maximum atomic E-state index is 5.65. The first kappa shape index (κ1) is 19.9. The topological polar surface area (TPSA) is 85.1 Å². The standard InChI is InChI=1S/C25H24N4O3/c1-30-21-11-17(12-22(31-2)24(21)32-3)25(16-7-5-4-6-8-16)10-9-18-19(13-25)28-29-23(18)20-14-26-15-27-20/h4-12,14-15H,13H2,1-3H3,(H,26,27)(H,28,29). The van der Waals surface area contributed by atoms with Gasteiger partial charge in [-0.2, -0.15) is 5.10 Å². The Morgan fingerprint density at radius 3 is 2.31 bits per heavy atom. The summed E-state index contributed by atoms with van der Waals surface area (Å²) in [6.45, 7) is 0. The summed E-state index contributed by atoms with van der Waals surface area (Å²) >= 11 is 0. The van der Waals surface area contributed by atoms with Gasteiger partial charge in [0.05, 0.1) is 27.7 Å². The number of nitrogens with zero attached hydrogens (tertiary/aromatic N) is 2. The average Bonchev–Trinajstić information content (AvgIpc) is 3.52. The van der Waals surface area contributed by atoms with Crippen molar-refractivity contribution in [3.8, 4) is 28.6 Å². The van der Waals surface area contributed by atoms with Crippen molar-refractivity contribution in [3.63, 3.8) is 0 Å². The summed E-state index contributed by atoms with van der Waals surface area (Å²) in [5.74, 6) is 1.82. The Morgan fingerprint density at radius 2 is 1.69 bits per heavy atom. The lowest BCUT2D eigenvalue weighted by Gasteiger charge is -2.35. The van der Waals surface area contributed by atoms with E-state index in [4.69, 9.17) is 14.2 Å². The first-order valence-electron chi connectivity index (χ1n) is 10.3. The molecule has 1 atom stereocenters. The van der Waals surface area contributed by atoms with Crippen LogP contribution in [0.3, 0.4) is 0 Å². The summed E-state index contributed by atoms with van der Waals surface area (Å²) in [5.41, 5.74) is 5.50. The van der Waals surface area contributed by atoms with Gasteiger partial charge in [0.2, 0.25) is 5.75 Å². The molecular weight excluding hydrogens is 404 g/mol. The Kier molecular flexibility index (Phi) is 4.93. The van der Waals surface area contributed by atoms with Crippen molar-refractivity contribution in [2.45, 2.75) is 11.8 Å². The summed E-state index contributed by atoms with van der Waals surface area (Å²) in [5, 5.41) is 7.81. The zero-order valence-electron chi connectivity index (χ0n) is 18.2. The van der Waals surface area contributed by atoms with Crippen LogP contribution in [0.25, 0.3) is 17.5 Å². The van der Waals surface area contributed by atoms with Crippen molar-refractivity contribution in [1.29, 1.82) is 0 Å². The number of ether oxygens (including phenoxy) is 3. The summed E-state index contributed by atoms with van der Waals surface area (Å²) in [6, 6.07) is 14.5. The molecule has 2 aromatic carbocycles. The lowest BCUT2D eigenvalue weighted by Crippen LogP contribution is -2.30. The Balaban J connectivity index is 1.70. The third kappa shape index (κ3) is 3.05. The molecular formula is C25H24N4O3. The minimum absolute atomic E-state index is 0.448. The van der Waals surface area contributed by atoms with Crippen LogP contribution in [0.4, 0.5) is 0 Å². The minimum Gasteiger partial charge on any atom is -0.493 e. The minimum atomic E-state index is -0.448. The van der Waals surface area contributed by atoms with E-state index in [1.807, 2.05) is 24.4 Å². The Bertz CT molecular complexity index is 1240. The van der Waals surface area contributed by atoms with Crippen LogP contribution in [0, 0.1) is 0 Å². The molecule has 162 valence electrons. The second-order valence-electron chi connectivity index (χ2n) is 7.68. The molecule has 0 bridgehead atoms. The van der Waals surface area contributed by atoms with Gasteiger partial charge >= 0.3 is 0 Å². The number of rotatable bonds is 6. The van der Waals surface area contributed by atoms with Gasteiger partial charge in [-0.05, 0) is 23.3 Å². The van der Waals surface area contributed by atoms with Crippen molar-refractivity contribution in [3.05, 3.63) is 83.4 Å². The molecule has 7 heteroatoms. The fourth-order valence-electron chi connectivity index (χ4n) is 4.49. The monoisotopic (exact) mass is 428 g/mol. The van der Waals surface area contributed by atoms with Crippen molar-refractivity contribution < 1.29 is 14.2 Å². The van der Waals surface area contributed by atoms with Gasteiger partial charge in [0.25, 0.3) is 0 Å². The number of methoxy groups -OCH3 is 3. The van der Waals surface area contributed by atoms with Gasteiger partial charge in [-0.1, -0.05) is 42.5 Å². The van der Waals surface area contributed by atoms with Gasteiger partial charge in [-0.25, -0.2) is 4.98 Å². The van der Waals surface area contributed by atoms with E-state index in [1.165, 1.54) is 0 Å². The second-order valence-corrected chi connectivity index (χ2v) is 7.68. The van der Waals surface area contributed by atoms with Crippen LogP contribution in [0.2, 0.25) is 0 Å². The fraction of sp³-hybridized carbons (Fsp3) is 0.200. The molecule has 2 N–H and O–H groups in total. The average molecular weight is 428 g/mol. The van der Waals surface area contributed by atoms with Gasteiger partial charge in [-0.3, -0.25) is 5.10 Å². The van der Waals surface area contributed by atoms with Crippen LogP contribution in [0.15, 0.2) is 61.1 Å². The molecule has 4 aromatic rings. The molecule has 0 fully saturated rings. The predicted octanol–water partition coefficient (Wildman–Crippen LogP) is 4.38. The molecule has 32 heavy (non-hydrogen) atoms. The molecule has 0 aliphatic heterocycles. The van der Waals surface area contributed by atoms with Gasteiger partial charge < -0.3 is 19.2 Å². The van der Waals surface area contributed by atoms with Gasteiger partial charge in [0.15, 0.2) is 11.5 Å². The smallest absolute Gasteiger partial charge is 0.203 e. The molecule has 7 nitrogen and oxygen atoms in total.